The second kappa shape index (κ2) is 9.14. The fourth-order valence-corrected chi connectivity index (χ4v) is 5.07. The molecule has 4 aromatic heterocycles. The number of aromatic nitrogens is 5. The monoisotopic (exact) mass is 495 g/mol. The normalized spacial score (nSPS) is 22.3. The lowest BCUT2D eigenvalue weighted by Gasteiger charge is -2.46. The average Bonchev–Trinajstić information content (AvgIpc) is 3.47. The number of hydrogen-bond acceptors (Lipinski definition) is 7. The first-order chi connectivity index (χ1) is 17.4. The quantitative estimate of drug-likeness (QED) is 0.428. The van der Waals surface area contributed by atoms with Crippen molar-refractivity contribution in [3.63, 3.8) is 0 Å². The number of piperidine rings is 1. The summed E-state index contributed by atoms with van der Waals surface area (Å²) in [5, 5.41) is 11.2. The molecule has 188 valence electrons. The molecule has 0 aromatic carbocycles. The van der Waals surface area contributed by atoms with Crippen molar-refractivity contribution in [3.05, 3.63) is 54.7 Å². The molecule has 0 spiro atoms. The Morgan fingerprint density at radius 1 is 1.14 bits per heavy atom. The summed E-state index contributed by atoms with van der Waals surface area (Å²) in [5.74, 6) is 1.29. The third kappa shape index (κ3) is 4.40. The Kier molecular flexibility index (Phi) is 5.81. The number of hydrogen-bond donors (Lipinski definition) is 1. The molecule has 9 nitrogen and oxygen atoms in total. The summed E-state index contributed by atoms with van der Waals surface area (Å²) in [4.78, 5) is 6.91. The predicted molar refractivity (Wildman–Crippen MR) is 130 cm³/mol. The summed E-state index contributed by atoms with van der Waals surface area (Å²) in [5.41, 5.74) is 4.14. The van der Waals surface area contributed by atoms with E-state index in [1.54, 1.807) is 4.52 Å². The van der Waals surface area contributed by atoms with Crippen LogP contribution in [0.1, 0.15) is 25.1 Å². The lowest BCUT2D eigenvalue weighted by molar-refractivity contribution is -0.0879. The minimum absolute atomic E-state index is 0.104. The van der Waals surface area contributed by atoms with Gasteiger partial charge in [-0.1, -0.05) is 0 Å². The van der Waals surface area contributed by atoms with Crippen LogP contribution < -0.4 is 10.1 Å². The van der Waals surface area contributed by atoms with Crippen LogP contribution in [0, 0.1) is 6.92 Å². The van der Waals surface area contributed by atoms with Gasteiger partial charge >= 0.3 is 6.55 Å². The minimum Gasteiger partial charge on any atom is -0.488 e. The van der Waals surface area contributed by atoms with Gasteiger partial charge in [0.25, 0.3) is 0 Å². The molecule has 36 heavy (non-hydrogen) atoms. The van der Waals surface area contributed by atoms with Gasteiger partial charge in [-0.3, -0.25) is 9.88 Å². The zero-order valence-electron chi connectivity index (χ0n) is 20.0. The van der Waals surface area contributed by atoms with Crippen molar-refractivity contribution in [1.29, 1.82) is 0 Å². The summed E-state index contributed by atoms with van der Waals surface area (Å²) in [6.45, 7) is 0.752. The fourth-order valence-electron chi connectivity index (χ4n) is 5.07. The van der Waals surface area contributed by atoms with Gasteiger partial charge in [0.2, 0.25) is 0 Å². The van der Waals surface area contributed by atoms with Crippen molar-refractivity contribution in [2.24, 2.45) is 0 Å². The second-order valence-electron chi connectivity index (χ2n) is 9.47. The van der Waals surface area contributed by atoms with Crippen LogP contribution in [0.2, 0.25) is 0 Å². The first-order valence-corrected chi connectivity index (χ1v) is 11.9. The van der Waals surface area contributed by atoms with E-state index in [1.165, 1.54) is 12.4 Å². The summed E-state index contributed by atoms with van der Waals surface area (Å²) in [6.07, 6.45) is 8.20. The van der Waals surface area contributed by atoms with Crippen LogP contribution in [-0.2, 0) is 4.74 Å². The first-order valence-electron chi connectivity index (χ1n) is 11.9. The van der Waals surface area contributed by atoms with E-state index in [9.17, 15) is 8.78 Å². The molecule has 1 unspecified atom stereocenters. The van der Waals surface area contributed by atoms with E-state index in [-0.39, 0.29) is 6.10 Å². The molecule has 6 heterocycles. The average molecular weight is 496 g/mol. The maximum Gasteiger partial charge on any atom is 0.333 e. The summed E-state index contributed by atoms with van der Waals surface area (Å²) in [7, 11) is 2.17. The maximum absolute atomic E-state index is 12.8. The molecule has 2 saturated heterocycles. The summed E-state index contributed by atoms with van der Waals surface area (Å²) < 4.78 is 40.2. The Morgan fingerprint density at radius 2 is 1.94 bits per heavy atom. The minimum atomic E-state index is -2.69. The Morgan fingerprint density at radius 3 is 2.69 bits per heavy atom. The third-order valence-electron chi connectivity index (χ3n) is 6.99. The summed E-state index contributed by atoms with van der Waals surface area (Å²) in [6, 6.07) is 8.64. The Labute approximate surface area is 206 Å². The SMILES string of the molecule is Cc1cc(-c2ccn3nc(Nc4cnn(C(F)F)c4)cc3c2)c(OC2C[C@H]3COC[C@@H](C2)N3C)cn1. The van der Waals surface area contributed by atoms with Crippen LogP contribution in [0.4, 0.5) is 20.3 Å². The largest absolute Gasteiger partial charge is 0.488 e. The Balaban J connectivity index is 1.26. The molecule has 2 aliphatic heterocycles. The molecule has 2 bridgehead atoms. The number of rotatable bonds is 6. The lowest BCUT2D eigenvalue weighted by atomic mass is 9.92. The van der Waals surface area contributed by atoms with Crippen molar-refractivity contribution < 1.29 is 18.3 Å². The van der Waals surface area contributed by atoms with Gasteiger partial charge in [-0.05, 0) is 37.7 Å². The van der Waals surface area contributed by atoms with E-state index in [0.29, 0.717) is 28.3 Å². The first kappa shape index (κ1) is 22.9. The van der Waals surface area contributed by atoms with Crippen LogP contribution in [0.3, 0.4) is 0 Å². The van der Waals surface area contributed by atoms with Gasteiger partial charge in [-0.15, -0.1) is 0 Å². The molecule has 1 N–H and O–H groups in total. The number of pyridine rings is 2. The van der Waals surface area contributed by atoms with Crippen molar-refractivity contribution in [2.75, 3.05) is 25.6 Å². The van der Waals surface area contributed by atoms with Crippen molar-refractivity contribution in [3.8, 4) is 16.9 Å². The van der Waals surface area contributed by atoms with Gasteiger partial charge in [0.05, 0.1) is 43.0 Å². The highest BCUT2D eigenvalue weighted by Crippen LogP contribution is 2.35. The van der Waals surface area contributed by atoms with Gasteiger partial charge in [0.1, 0.15) is 11.9 Å². The molecule has 3 atom stereocenters. The standard InChI is InChI=1S/C25H27F2N7O2/c1-15-5-22(23(11-28-15)36-21-7-19-13-35-14-20(8-21)32(19)2)16-3-4-33-18(6-16)9-24(31-33)30-17-10-29-34(12-17)25(26)27/h3-6,9-12,19-21,25H,7-8,13-14H2,1-2H3,(H,30,31)/t19-,20+,21?. The van der Waals surface area contributed by atoms with Crippen LogP contribution in [-0.4, -0.2) is 67.7 Å². The third-order valence-corrected chi connectivity index (χ3v) is 6.99. The summed E-state index contributed by atoms with van der Waals surface area (Å²) >= 11 is 0. The molecule has 0 aliphatic carbocycles. The highest BCUT2D eigenvalue weighted by Gasteiger charge is 2.38. The van der Waals surface area contributed by atoms with E-state index in [1.807, 2.05) is 43.6 Å². The smallest absolute Gasteiger partial charge is 0.333 e. The van der Waals surface area contributed by atoms with E-state index in [0.717, 1.165) is 54.1 Å². The van der Waals surface area contributed by atoms with E-state index >= 15 is 0 Å². The Bertz CT molecular complexity index is 1370. The van der Waals surface area contributed by atoms with Crippen molar-refractivity contribution in [2.45, 2.75) is 44.5 Å². The highest BCUT2D eigenvalue weighted by atomic mass is 19.3. The van der Waals surface area contributed by atoms with E-state index < -0.39 is 6.55 Å². The fraction of sp³-hybridized carbons (Fsp3) is 0.400. The van der Waals surface area contributed by atoms with Crippen molar-refractivity contribution >= 4 is 17.0 Å². The number of morpholine rings is 1. The topological polar surface area (TPSA) is 81.7 Å². The number of likely N-dealkylation sites (N-methyl/N-ethyl adjacent to an activating group) is 1. The number of anilines is 2. The number of alkyl halides is 2. The van der Waals surface area contributed by atoms with E-state index in [2.05, 4.69) is 32.4 Å². The molecule has 11 heteroatoms. The lowest BCUT2D eigenvalue weighted by Crippen LogP contribution is -2.57. The molecule has 0 amide bonds. The van der Waals surface area contributed by atoms with Gasteiger partial charge in [0.15, 0.2) is 5.82 Å². The van der Waals surface area contributed by atoms with Crippen LogP contribution in [0.5, 0.6) is 5.75 Å². The maximum atomic E-state index is 12.8. The molecule has 0 saturated carbocycles. The molecule has 2 fully saturated rings. The number of halogens is 2. The second-order valence-corrected chi connectivity index (χ2v) is 9.47. The molecular weight excluding hydrogens is 468 g/mol. The zero-order valence-corrected chi connectivity index (χ0v) is 20.0. The molecule has 6 rings (SSSR count). The Hall–Kier alpha value is -3.57. The van der Waals surface area contributed by atoms with Gasteiger partial charge in [-0.25, -0.2) is 9.20 Å². The number of fused-ring (bicyclic) bond motifs is 3. The molecule has 0 radical (unpaired) electrons. The van der Waals surface area contributed by atoms with Crippen LogP contribution in [0.25, 0.3) is 16.6 Å². The number of nitrogens with one attached hydrogen (secondary N) is 1. The van der Waals surface area contributed by atoms with Crippen molar-refractivity contribution in [1.82, 2.24) is 29.3 Å². The predicted octanol–water partition coefficient (Wildman–Crippen LogP) is 4.28. The van der Waals surface area contributed by atoms with E-state index in [4.69, 9.17) is 9.47 Å². The molecule has 2 aliphatic rings. The number of nitrogens with zero attached hydrogens (tertiary/aromatic N) is 6. The van der Waals surface area contributed by atoms with Gasteiger partial charge in [-0.2, -0.15) is 19.0 Å². The van der Waals surface area contributed by atoms with Crippen LogP contribution in [0.15, 0.2) is 49.1 Å². The molecular formula is C25H27F2N7O2. The number of ether oxygens (including phenoxy) is 2. The highest BCUT2D eigenvalue weighted by molar-refractivity contribution is 5.75. The molecule has 4 aromatic rings. The van der Waals surface area contributed by atoms with Gasteiger partial charge in [0, 0.05) is 48.4 Å². The number of aryl methyl sites for hydroxylation is 1. The zero-order chi connectivity index (χ0) is 24.8. The van der Waals surface area contributed by atoms with Crippen LogP contribution >= 0.6 is 0 Å². The van der Waals surface area contributed by atoms with Gasteiger partial charge < -0.3 is 14.8 Å².